The number of amides is 10. The Bertz CT molecular complexity index is 2530. The van der Waals surface area contributed by atoms with Crippen LogP contribution in [-0.4, -0.2) is 188 Å². The van der Waals surface area contributed by atoms with Crippen LogP contribution < -0.4 is 65.1 Å². The van der Waals surface area contributed by atoms with Crippen LogP contribution >= 0.6 is 0 Å². The normalized spacial score (nSPS) is 14.8. The van der Waals surface area contributed by atoms with Crippen molar-refractivity contribution in [2.24, 2.45) is 17.2 Å². The molecule has 3 rings (SSSR count). The van der Waals surface area contributed by atoms with Gasteiger partial charge in [-0.2, -0.15) is 0 Å². The SMILES string of the molecule is CC(O)C(N)C(=O)NC(C(=O)NC(Cc1cnc[nH]1)C(=O)NC(CO)C(=O)NCC(=O)NC(CCCCN)C(=O)NC(Cc1ccc(O)cc1)C(=O)NC(Cc1ccc(O)cc1)C(=O)NCC(=O)NC(C=O)CC(N)=O)C(C)O. The topological polar surface area (TPSA) is 504 Å². The molecule has 1 heterocycles. The highest BCUT2D eigenvalue weighted by Crippen LogP contribution is 2.15. The number of aldehydes is 1. The van der Waals surface area contributed by atoms with Gasteiger partial charge >= 0.3 is 0 Å². The van der Waals surface area contributed by atoms with Gasteiger partial charge in [0.15, 0.2) is 0 Å². The summed E-state index contributed by atoms with van der Waals surface area (Å²) in [5, 5.41) is 71.4. The molecule has 30 nitrogen and oxygen atoms in total. The van der Waals surface area contributed by atoms with E-state index in [1.165, 1.54) is 74.9 Å². The molecule has 2 aromatic carbocycles. The van der Waals surface area contributed by atoms with Crippen molar-refractivity contribution in [3.05, 3.63) is 77.9 Å². The van der Waals surface area contributed by atoms with E-state index in [4.69, 9.17) is 17.2 Å². The molecule has 0 fully saturated rings. The Morgan fingerprint density at radius 2 is 1.09 bits per heavy atom. The summed E-state index contributed by atoms with van der Waals surface area (Å²) >= 11 is 0. The minimum atomic E-state index is -1.75. The Balaban J connectivity index is 1.81. The van der Waals surface area contributed by atoms with Crippen molar-refractivity contribution in [2.45, 2.75) is 119 Å². The van der Waals surface area contributed by atoms with Gasteiger partial charge in [-0.05, 0) is 75.0 Å². The lowest BCUT2D eigenvalue weighted by atomic mass is 10.0. The van der Waals surface area contributed by atoms with Gasteiger partial charge in [0.1, 0.15) is 60.1 Å². The molecule has 0 aliphatic heterocycles. The highest BCUT2D eigenvalue weighted by atomic mass is 16.3. The van der Waals surface area contributed by atoms with E-state index >= 15 is 0 Å². The summed E-state index contributed by atoms with van der Waals surface area (Å²) in [5.74, 6) is -9.95. The van der Waals surface area contributed by atoms with E-state index in [9.17, 15) is 78.3 Å². The first-order valence-electron chi connectivity index (χ1n) is 24.8. The molecule has 30 heteroatoms. The lowest BCUT2D eigenvalue weighted by molar-refractivity contribution is -0.136. The minimum absolute atomic E-state index is 0.0552. The van der Waals surface area contributed by atoms with Crippen LogP contribution in [0, 0.1) is 0 Å². The van der Waals surface area contributed by atoms with Crippen molar-refractivity contribution in [1.29, 1.82) is 0 Å². The van der Waals surface area contributed by atoms with Crippen LogP contribution in [0.2, 0.25) is 0 Å². The number of aliphatic hydroxyl groups is 3. The first-order chi connectivity index (χ1) is 37.4. The summed E-state index contributed by atoms with van der Waals surface area (Å²) in [5.41, 5.74) is 17.6. The van der Waals surface area contributed by atoms with Gasteiger partial charge in [0.2, 0.25) is 59.1 Å². The maximum atomic E-state index is 14.3. The number of aromatic nitrogens is 2. The Labute approximate surface area is 452 Å². The quantitative estimate of drug-likeness (QED) is 0.0195. The third-order valence-corrected chi connectivity index (χ3v) is 11.7. The maximum Gasteiger partial charge on any atom is 0.245 e. The third kappa shape index (κ3) is 22.9. The summed E-state index contributed by atoms with van der Waals surface area (Å²) in [6, 6.07) is -0.983. The summed E-state index contributed by atoms with van der Waals surface area (Å²) in [4.78, 5) is 150. The summed E-state index contributed by atoms with van der Waals surface area (Å²) in [7, 11) is 0. The molecule has 3 aromatic rings. The second-order valence-corrected chi connectivity index (χ2v) is 18.3. The number of aromatic hydroxyl groups is 2. The van der Waals surface area contributed by atoms with Crippen molar-refractivity contribution in [3.8, 4) is 11.5 Å². The number of nitrogens with two attached hydrogens (primary N) is 3. The van der Waals surface area contributed by atoms with Crippen molar-refractivity contribution in [2.75, 3.05) is 26.2 Å². The van der Waals surface area contributed by atoms with Crippen molar-refractivity contribution < 1.29 is 78.3 Å². The molecule has 79 heavy (non-hydrogen) atoms. The van der Waals surface area contributed by atoms with E-state index in [1.54, 1.807) is 0 Å². The van der Waals surface area contributed by atoms with Gasteiger partial charge in [-0.3, -0.25) is 47.9 Å². The maximum absolute atomic E-state index is 14.3. The monoisotopic (exact) mass is 1110 g/mol. The van der Waals surface area contributed by atoms with Gasteiger partial charge in [0.05, 0.1) is 50.7 Å². The summed E-state index contributed by atoms with van der Waals surface area (Å²) in [6.07, 6.45) is -0.681. The smallest absolute Gasteiger partial charge is 0.245 e. The number of hydrogen-bond donors (Lipinski definition) is 18. The highest BCUT2D eigenvalue weighted by Gasteiger charge is 2.35. The number of imidazole rings is 1. The van der Waals surface area contributed by atoms with E-state index < -0.39 is 146 Å². The molecule has 10 unspecified atom stereocenters. The van der Waals surface area contributed by atoms with E-state index in [1.807, 2.05) is 0 Å². The van der Waals surface area contributed by atoms with Crippen LogP contribution in [0.4, 0.5) is 0 Å². The van der Waals surface area contributed by atoms with Crippen molar-refractivity contribution >= 4 is 65.4 Å². The Morgan fingerprint density at radius 3 is 1.56 bits per heavy atom. The largest absolute Gasteiger partial charge is 0.508 e. The predicted octanol–water partition coefficient (Wildman–Crippen LogP) is -7.24. The van der Waals surface area contributed by atoms with Crippen LogP contribution in [0.1, 0.15) is 56.4 Å². The van der Waals surface area contributed by atoms with Crippen LogP contribution in [0.25, 0.3) is 0 Å². The van der Waals surface area contributed by atoms with Gasteiger partial charge in [0.25, 0.3) is 0 Å². The molecule has 21 N–H and O–H groups in total. The number of nitrogens with one attached hydrogen (secondary N) is 10. The highest BCUT2D eigenvalue weighted by molar-refractivity contribution is 5.98. The average molecular weight is 1110 g/mol. The Morgan fingerprint density at radius 1 is 0.608 bits per heavy atom. The zero-order valence-electron chi connectivity index (χ0n) is 43.3. The van der Waals surface area contributed by atoms with Gasteiger partial charge in [0, 0.05) is 31.2 Å². The number of phenolic OH excluding ortho intramolecular Hbond substituents is 2. The van der Waals surface area contributed by atoms with E-state index in [2.05, 4.69) is 57.8 Å². The van der Waals surface area contributed by atoms with Crippen molar-refractivity contribution in [1.82, 2.24) is 57.8 Å². The number of benzene rings is 2. The predicted molar refractivity (Wildman–Crippen MR) is 277 cm³/mol. The summed E-state index contributed by atoms with van der Waals surface area (Å²) < 4.78 is 0. The molecule has 0 radical (unpaired) electrons. The standard InChI is InChI=1S/C49H70N14O16/c1-25(66)41(52)48(78)63-42(26(2)67)49(79)61-36(17-29-19-53-24-56-29)47(77)62-37(23-65)44(74)55-21-40(72)58-33(5-3-4-14-50)45(75)60-35(16-28-8-12-32(69)13-9-28)46(76)59-34(15-27-6-10-31(68)11-7-27)43(73)54-20-39(71)57-30(22-64)18-38(51)70/h6-13,19,22,24-26,30,33-37,41-42,65-69H,3-5,14-18,20-21,23,50,52H2,1-2H3,(H2,51,70)(H,53,56)(H,54,73)(H,55,74)(H,57,71)(H,58,72)(H,59,76)(H,60,75)(H,61,79)(H,62,77)(H,63,78). The lowest BCUT2D eigenvalue weighted by Gasteiger charge is -2.27. The van der Waals surface area contributed by atoms with Crippen LogP contribution in [0.15, 0.2) is 61.1 Å². The number of nitrogens with zero attached hydrogens (tertiary/aromatic N) is 1. The molecule has 432 valence electrons. The molecular formula is C49H70N14O16. The van der Waals surface area contributed by atoms with Gasteiger partial charge in [-0.15, -0.1) is 0 Å². The Hall–Kier alpha value is -8.58. The number of H-pyrrole nitrogens is 1. The molecule has 0 saturated carbocycles. The molecule has 0 spiro atoms. The Kier molecular flexibility index (Phi) is 26.9. The second kappa shape index (κ2) is 32.9. The fraction of sp³-hybridized carbons (Fsp3) is 0.469. The number of aromatic amines is 1. The first kappa shape index (κ1) is 64.7. The number of hydrogen-bond acceptors (Lipinski definition) is 19. The first-order valence-corrected chi connectivity index (χ1v) is 24.8. The molecule has 0 bridgehead atoms. The molecule has 0 aliphatic rings. The third-order valence-electron chi connectivity index (χ3n) is 11.7. The molecule has 0 saturated heterocycles. The molecule has 1 aromatic heterocycles. The number of carbonyl (C=O) groups is 11. The van der Waals surface area contributed by atoms with Crippen LogP contribution in [-0.2, 0) is 72.0 Å². The number of primary amides is 1. The molecule has 10 amide bonds. The van der Waals surface area contributed by atoms with Gasteiger partial charge < -0.3 is 100 Å². The number of carbonyl (C=O) groups excluding carboxylic acids is 11. The summed E-state index contributed by atoms with van der Waals surface area (Å²) in [6.45, 7) is -0.00504. The molecule has 10 atom stereocenters. The van der Waals surface area contributed by atoms with E-state index in [-0.39, 0.29) is 56.4 Å². The molecule has 0 aliphatic carbocycles. The van der Waals surface area contributed by atoms with Crippen LogP contribution in [0.5, 0.6) is 11.5 Å². The van der Waals surface area contributed by atoms with Gasteiger partial charge in [-0.25, -0.2) is 4.98 Å². The number of unbranched alkanes of at least 4 members (excludes halogenated alkanes) is 1. The zero-order chi connectivity index (χ0) is 58.8. The second-order valence-electron chi connectivity index (χ2n) is 18.3. The number of rotatable bonds is 34. The minimum Gasteiger partial charge on any atom is -0.508 e. The lowest BCUT2D eigenvalue weighted by Crippen LogP contribution is -2.61. The number of phenols is 2. The van der Waals surface area contributed by atoms with Crippen LogP contribution in [0.3, 0.4) is 0 Å². The molecular weight excluding hydrogens is 1040 g/mol. The van der Waals surface area contributed by atoms with Gasteiger partial charge in [-0.1, -0.05) is 24.3 Å². The average Bonchev–Trinajstić information content (AvgIpc) is 3.93. The van der Waals surface area contributed by atoms with E-state index in [0.29, 0.717) is 23.2 Å². The fourth-order valence-electron chi connectivity index (χ4n) is 7.32. The van der Waals surface area contributed by atoms with E-state index in [0.717, 1.165) is 0 Å². The fourth-order valence-corrected chi connectivity index (χ4v) is 7.32. The van der Waals surface area contributed by atoms with Crippen molar-refractivity contribution in [3.63, 3.8) is 0 Å². The number of aliphatic hydroxyl groups excluding tert-OH is 3. The zero-order valence-corrected chi connectivity index (χ0v) is 43.3.